The van der Waals surface area contributed by atoms with E-state index in [2.05, 4.69) is 10.3 Å². The van der Waals surface area contributed by atoms with Gasteiger partial charge in [0.25, 0.3) is 0 Å². The largest absolute Gasteiger partial charge is 0.351 e. The lowest BCUT2D eigenvalue weighted by Crippen LogP contribution is -2.22. The van der Waals surface area contributed by atoms with E-state index in [1.54, 1.807) is 16.8 Å². The van der Waals surface area contributed by atoms with Crippen LogP contribution >= 0.6 is 22.9 Å². The Morgan fingerprint density at radius 3 is 3.07 bits per heavy atom. The summed E-state index contributed by atoms with van der Waals surface area (Å²) in [5, 5.41) is 2.83. The molecule has 0 aliphatic carbocycles. The van der Waals surface area contributed by atoms with Crippen LogP contribution in [0, 0.1) is 6.92 Å². The first-order chi connectivity index (χ1) is 6.74. The topological polar surface area (TPSA) is 42.0 Å². The molecular weight excluding hydrogens is 220 g/mol. The minimum atomic E-state index is 0.0541. The van der Waals surface area contributed by atoms with Crippen molar-refractivity contribution in [2.75, 3.05) is 5.88 Å². The number of hydrogen-bond acceptors (Lipinski definition) is 3. The molecule has 1 N–H and O–H groups in total. The Morgan fingerprint density at radius 2 is 2.50 bits per heavy atom. The third kappa shape index (κ3) is 3.64. The van der Waals surface area contributed by atoms with Gasteiger partial charge in [0.15, 0.2) is 0 Å². The molecule has 0 fully saturated rings. The molecule has 1 rings (SSSR count). The Kier molecular flexibility index (Phi) is 4.90. The SMILES string of the molecule is Cc1ncsc1CNC(=O)CCCCl. The molecule has 0 bridgehead atoms. The molecule has 0 saturated heterocycles. The number of carbonyl (C=O) groups excluding carboxylic acids is 1. The predicted molar refractivity (Wildman–Crippen MR) is 58.7 cm³/mol. The fraction of sp³-hybridized carbons (Fsp3) is 0.556. The van der Waals surface area contributed by atoms with Crippen LogP contribution in [0.4, 0.5) is 0 Å². The Labute approximate surface area is 92.5 Å². The molecule has 0 unspecified atom stereocenters. The Balaban J connectivity index is 2.27. The summed E-state index contributed by atoms with van der Waals surface area (Å²) < 4.78 is 0. The highest BCUT2D eigenvalue weighted by Crippen LogP contribution is 2.11. The van der Waals surface area contributed by atoms with E-state index in [0.717, 1.165) is 17.0 Å². The van der Waals surface area contributed by atoms with Crippen LogP contribution in [0.1, 0.15) is 23.4 Å². The van der Waals surface area contributed by atoms with Crippen molar-refractivity contribution in [3.8, 4) is 0 Å². The zero-order chi connectivity index (χ0) is 10.4. The lowest BCUT2D eigenvalue weighted by Gasteiger charge is -2.02. The second-order valence-electron chi connectivity index (χ2n) is 2.93. The summed E-state index contributed by atoms with van der Waals surface area (Å²) in [6.07, 6.45) is 1.23. The van der Waals surface area contributed by atoms with Gasteiger partial charge in [-0.1, -0.05) is 0 Å². The van der Waals surface area contributed by atoms with Gasteiger partial charge in [-0.2, -0.15) is 0 Å². The molecular formula is C9H13ClN2OS. The summed E-state index contributed by atoms with van der Waals surface area (Å²) in [5.41, 5.74) is 2.78. The van der Waals surface area contributed by atoms with Gasteiger partial charge in [0.2, 0.25) is 5.91 Å². The van der Waals surface area contributed by atoms with E-state index in [-0.39, 0.29) is 5.91 Å². The minimum Gasteiger partial charge on any atom is -0.351 e. The molecule has 0 radical (unpaired) electrons. The smallest absolute Gasteiger partial charge is 0.220 e. The number of rotatable bonds is 5. The van der Waals surface area contributed by atoms with E-state index in [1.165, 1.54) is 0 Å². The van der Waals surface area contributed by atoms with Crippen molar-refractivity contribution in [3.63, 3.8) is 0 Å². The molecule has 0 saturated carbocycles. The van der Waals surface area contributed by atoms with Crippen molar-refractivity contribution in [1.29, 1.82) is 0 Å². The van der Waals surface area contributed by atoms with Gasteiger partial charge in [0.05, 0.1) is 17.7 Å². The monoisotopic (exact) mass is 232 g/mol. The molecule has 3 nitrogen and oxygen atoms in total. The molecule has 0 aliphatic heterocycles. The number of halogens is 1. The van der Waals surface area contributed by atoms with Crippen LogP contribution in [0.5, 0.6) is 0 Å². The second kappa shape index (κ2) is 5.98. The molecule has 14 heavy (non-hydrogen) atoms. The van der Waals surface area contributed by atoms with Crippen LogP contribution in [0.3, 0.4) is 0 Å². The number of hydrogen-bond donors (Lipinski definition) is 1. The van der Waals surface area contributed by atoms with Gasteiger partial charge in [-0.15, -0.1) is 22.9 Å². The van der Waals surface area contributed by atoms with Crippen molar-refractivity contribution < 1.29 is 4.79 Å². The van der Waals surface area contributed by atoms with Crippen molar-refractivity contribution in [1.82, 2.24) is 10.3 Å². The average Bonchev–Trinajstić information content (AvgIpc) is 2.58. The first kappa shape index (κ1) is 11.5. The quantitative estimate of drug-likeness (QED) is 0.790. The van der Waals surface area contributed by atoms with Crippen LogP contribution < -0.4 is 5.32 Å². The van der Waals surface area contributed by atoms with Crippen molar-refractivity contribution in [3.05, 3.63) is 16.1 Å². The van der Waals surface area contributed by atoms with E-state index in [4.69, 9.17) is 11.6 Å². The number of aromatic nitrogens is 1. The first-order valence-electron chi connectivity index (χ1n) is 4.45. The molecule has 0 aliphatic rings. The van der Waals surface area contributed by atoms with E-state index >= 15 is 0 Å². The summed E-state index contributed by atoms with van der Waals surface area (Å²) in [6.45, 7) is 2.52. The fourth-order valence-electron chi connectivity index (χ4n) is 0.991. The molecule has 78 valence electrons. The predicted octanol–water partition coefficient (Wildman–Crippen LogP) is 2.09. The number of aryl methyl sites for hydroxylation is 1. The zero-order valence-electron chi connectivity index (χ0n) is 8.05. The molecule has 0 aromatic carbocycles. The summed E-state index contributed by atoms with van der Waals surface area (Å²) in [4.78, 5) is 16.4. The standard InChI is InChI=1S/C9H13ClN2OS/c1-7-8(14-6-12-7)5-11-9(13)3-2-4-10/h6H,2-5H2,1H3,(H,11,13). The summed E-state index contributed by atoms with van der Waals surface area (Å²) in [5.74, 6) is 0.589. The van der Waals surface area contributed by atoms with Crippen LogP contribution in [0.2, 0.25) is 0 Å². The summed E-state index contributed by atoms with van der Waals surface area (Å²) >= 11 is 7.05. The number of nitrogens with one attached hydrogen (secondary N) is 1. The summed E-state index contributed by atoms with van der Waals surface area (Å²) in [6, 6.07) is 0. The fourth-order valence-corrected chi connectivity index (χ4v) is 1.84. The molecule has 1 aromatic rings. The van der Waals surface area contributed by atoms with Crippen LogP contribution in [0.25, 0.3) is 0 Å². The molecule has 0 spiro atoms. The van der Waals surface area contributed by atoms with Crippen LogP contribution in [0.15, 0.2) is 5.51 Å². The third-order valence-electron chi connectivity index (χ3n) is 1.83. The van der Waals surface area contributed by atoms with E-state index in [0.29, 0.717) is 18.8 Å². The van der Waals surface area contributed by atoms with Crippen LogP contribution in [-0.4, -0.2) is 16.8 Å². The number of amides is 1. The van der Waals surface area contributed by atoms with Gasteiger partial charge in [0, 0.05) is 17.2 Å². The van der Waals surface area contributed by atoms with Gasteiger partial charge in [0.1, 0.15) is 0 Å². The van der Waals surface area contributed by atoms with E-state index < -0.39 is 0 Å². The van der Waals surface area contributed by atoms with Crippen molar-refractivity contribution >= 4 is 28.8 Å². The van der Waals surface area contributed by atoms with Gasteiger partial charge in [-0.05, 0) is 13.3 Å². The number of carbonyl (C=O) groups is 1. The highest BCUT2D eigenvalue weighted by molar-refractivity contribution is 7.09. The maximum Gasteiger partial charge on any atom is 0.220 e. The van der Waals surface area contributed by atoms with Crippen molar-refractivity contribution in [2.24, 2.45) is 0 Å². The normalized spacial score (nSPS) is 10.1. The minimum absolute atomic E-state index is 0.0541. The Morgan fingerprint density at radius 1 is 1.71 bits per heavy atom. The van der Waals surface area contributed by atoms with Gasteiger partial charge >= 0.3 is 0 Å². The Bertz CT molecular complexity index is 301. The van der Waals surface area contributed by atoms with Gasteiger partial charge < -0.3 is 5.32 Å². The molecule has 1 heterocycles. The maximum absolute atomic E-state index is 11.2. The van der Waals surface area contributed by atoms with Gasteiger partial charge in [-0.25, -0.2) is 4.98 Å². The second-order valence-corrected chi connectivity index (χ2v) is 4.25. The van der Waals surface area contributed by atoms with Crippen LogP contribution in [-0.2, 0) is 11.3 Å². The molecule has 5 heteroatoms. The van der Waals surface area contributed by atoms with Gasteiger partial charge in [-0.3, -0.25) is 4.79 Å². The highest BCUT2D eigenvalue weighted by atomic mass is 35.5. The molecule has 0 atom stereocenters. The van der Waals surface area contributed by atoms with E-state index in [1.807, 2.05) is 6.92 Å². The zero-order valence-corrected chi connectivity index (χ0v) is 9.62. The Hall–Kier alpha value is -0.610. The van der Waals surface area contributed by atoms with Crippen molar-refractivity contribution in [2.45, 2.75) is 26.3 Å². The lowest BCUT2D eigenvalue weighted by molar-refractivity contribution is -0.121. The number of thiazole rings is 1. The number of nitrogens with zero attached hydrogens (tertiary/aromatic N) is 1. The molecule has 1 aromatic heterocycles. The maximum atomic E-state index is 11.2. The number of alkyl halides is 1. The lowest BCUT2D eigenvalue weighted by atomic mass is 10.3. The average molecular weight is 233 g/mol. The third-order valence-corrected chi connectivity index (χ3v) is 3.03. The highest BCUT2D eigenvalue weighted by Gasteiger charge is 2.04. The van der Waals surface area contributed by atoms with E-state index in [9.17, 15) is 4.79 Å². The first-order valence-corrected chi connectivity index (χ1v) is 5.87. The summed E-state index contributed by atoms with van der Waals surface area (Å²) in [7, 11) is 0. The molecule has 1 amide bonds.